The Hall–Kier alpha value is -0.920. The molecule has 1 aromatic rings. The summed E-state index contributed by atoms with van der Waals surface area (Å²) in [6, 6.07) is 0.404. The van der Waals surface area contributed by atoms with E-state index in [4.69, 9.17) is 5.11 Å². The first-order chi connectivity index (χ1) is 7.24. The smallest absolute Gasteiger partial charge is 0.321 e. The predicted molar refractivity (Wildman–Crippen MR) is 61.2 cm³/mol. The van der Waals surface area contributed by atoms with Gasteiger partial charge < -0.3 is 5.11 Å². The van der Waals surface area contributed by atoms with Gasteiger partial charge in [0.2, 0.25) is 10.0 Å². The first kappa shape index (κ1) is 13.1. The van der Waals surface area contributed by atoms with Crippen molar-refractivity contribution in [1.29, 1.82) is 0 Å². The van der Waals surface area contributed by atoms with Gasteiger partial charge in [-0.25, -0.2) is 8.42 Å². The van der Waals surface area contributed by atoms with E-state index in [2.05, 4.69) is 4.72 Å². The van der Waals surface area contributed by atoms with E-state index in [1.807, 2.05) is 0 Å². The van der Waals surface area contributed by atoms with Crippen LogP contribution < -0.4 is 4.72 Å². The van der Waals surface area contributed by atoms with Gasteiger partial charge in [-0.1, -0.05) is 0 Å². The van der Waals surface area contributed by atoms with Crippen LogP contribution >= 0.6 is 11.3 Å². The molecular formula is C9H13NO4S2. The van der Waals surface area contributed by atoms with Crippen molar-refractivity contribution in [3.8, 4) is 0 Å². The normalized spacial score (nSPS) is 13.7. The summed E-state index contributed by atoms with van der Waals surface area (Å²) >= 11 is 1.36. The molecule has 16 heavy (non-hydrogen) atoms. The molecule has 0 unspecified atom stereocenters. The number of rotatable bonds is 4. The van der Waals surface area contributed by atoms with Crippen molar-refractivity contribution >= 4 is 27.3 Å². The fourth-order valence-corrected chi connectivity index (χ4v) is 3.97. The Bertz CT molecular complexity index is 504. The number of carboxylic acids is 1. The highest BCUT2D eigenvalue weighted by atomic mass is 32.2. The molecule has 0 fully saturated rings. The summed E-state index contributed by atoms with van der Waals surface area (Å²) < 4.78 is 25.7. The molecular weight excluding hydrogens is 250 g/mol. The van der Waals surface area contributed by atoms with Crippen molar-refractivity contribution in [3.05, 3.63) is 15.8 Å². The minimum absolute atomic E-state index is 0.156. The van der Waals surface area contributed by atoms with Gasteiger partial charge in [-0.2, -0.15) is 4.72 Å². The fraction of sp³-hybridized carbons (Fsp3) is 0.444. The number of carbonyl (C=O) groups is 1. The van der Waals surface area contributed by atoms with Crippen LogP contribution in [-0.2, 0) is 14.8 Å². The Kier molecular flexibility index (Phi) is 3.72. The molecule has 0 aromatic carbocycles. The Balaban J connectivity index is 3.03. The number of thiophene rings is 1. The molecule has 0 saturated heterocycles. The van der Waals surface area contributed by atoms with Crippen molar-refractivity contribution in [3.63, 3.8) is 0 Å². The summed E-state index contributed by atoms with van der Waals surface area (Å²) in [6.07, 6.45) is 0. The summed E-state index contributed by atoms with van der Waals surface area (Å²) in [5.41, 5.74) is 0. The van der Waals surface area contributed by atoms with Gasteiger partial charge >= 0.3 is 5.97 Å². The Morgan fingerprint density at radius 3 is 2.44 bits per heavy atom. The number of nitrogens with one attached hydrogen (secondary N) is 1. The number of sulfonamides is 1. The topological polar surface area (TPSA) is 83.5 Å². The number of hydrogen-bond donors (Lipinski definition) is 2. The summed E-state index contributed by atoms with van der Waals surface area (Å²) in [6.45, 7) is 4.78. The van der Waals surface area contributed by atoms with Crippen molar-refractivity contribution in [2.24, 2.45) is 0 Å². The van der Waals surface area contributed by atoms with Crippen LogP contribution in [0.4, 0.5) is 0 Å². The number of aryl methyl sites for hydroxylation is 2. The lowest BCUT2D eigenvalue weighted by Gasteiger charge is -2.09. The molecule has 90 valence electrons. The monoisotopic (exact) mass is 263 g/mol. The maximum atomic E-state index is 11.8. The Morgan fingerprint density at radius 1 is 1.50 bits per heavy atom. The molecule has 0 aliphatic carbocycles. The number of carboxylic acid groups (broad SMARTS) is 1. The van der Waals surface area contributed by atoms with Gasteiger partial charge in [0.15, 0.2) is 0 Å². The molecule has 1 aromatic heterocycles. The molecule has 1 rings (SSSR count). The van der Waals surface area contributed by atoms with E-state index in [0.717, 1.165) is 4.88 Å². The molecule has 0 radical (unpaired) electrons. The van der Waals surface area contributed by atoms with Crippen LogP contribution in [0.1, 0.15) is 16.7 Å². The highest BCUT2D eigenvalue weighted by molar-refractivity contribution is 7.89. The van der Waals surface area contributed by atoms with E-state index in [1.54, 1.807) is 13.8 Å². The third-order valence-corrected chi connectivity index (χ3v) is 4.75. The standard InChI is InChI=1S/C9H13NO4S2/c1-5-4-8(7(3)15-5)16(13,14)10-6(2)9(11)12/h4,6,10H,1-3H3,(H,11,12)/t6-/m0/s1. The lowest BCUT2D eigenvalue weighted by molar-refractivity contribution is -0.138. The molecule has 0 amide bonds. The summed E-state index contributed by atoms with van der Waals surface area (Å²) in [5, 5.41) is 8.64. The first-order valence-corrected chi connectivity index (χ1v) is 6.86. The molecule has 7 heteroatoms. The fourth-order valence-electron chi connectivity index (χ4n) is 1.22. The zero-order valence-corrected chi connectivity index (χ0v) is 10.8. The zero-order chi connectivity index (χ0) is 12.5. The highest BCUT2D eigenvalue weighted by Crippen LogP contribution is 2.24. The molecule has 0 saturated carbocycles. The van der Waals surface area contributed by atoms with E-state index in [9.17, 15) is 13.2 Å². The van der Waals surface area contributed by atoms with Crippen LogP contribution in [0.2, 0.25) is 0 Å². The van der Waals surface area contributed by atoms with Crippen molar-refractivity contribution in [2.75, 3.05) is 0 Å². The molecule has 0 aliphatic rings. The largest absolute Gasteiger partial charge is 0.480 e. The molecule has 0 aliphatic heterocycles. The van der Waals surface area contributed by atoms with Crippen molar-refractivity contribution in [1.82, 2.24) is 4.72 Å². The van der Waals surface area contributed by atoms with Crippen LogP contribution in [0.15, 0.2) is 11.0 Å². The highest BCUT2D eigenvalue weighted by Gasteiger charge is 2.24. The maximum Gasteiger partial charge on any atom is 0.321 e. The lowest BCUT2D eigenvalue weighted by atomic mass is 10.4. The third-order valence-electron chi connectivity index (χ3n) is 1.99. The summed E-state index contributed by atoms with van der Waals surface area (Å²) in [4.78, 5) is 12.3. The molecule has 0 bridgehead atoms. The number of aliphatic carboxylic acids is 1. The van der Waals surface area contributed by atoms with Crippen LogP contribution in [0.5, 0.6) is 0 Å². The molecule has 1 atom stereocenters. The molecule has 5 nitrogen and oxygen atoms in total. The minimum atomic E-state index is -3.73. The van der Waals surface area contributed by atoms with Gasteiger partial charge in [0.1, 0.15) is 6.04 Å². The second-order valence-electron chi connectivity index (χ2n) is 3.46. The lowest BCUT2D eigenvalue weighted by Crippen LogP contribution is -2.38. The Morgan fingerprint density at radius 2 is 2.06 bits per heavy atom. The second kappa shape index (κ2) is 4.52. The molecule has 1 heterocycles. The average molecular weight is 263 g/mol. The summed E-state index contributed by atoms with van der Waals surface area (Å²) in [5.74, 6) is -1.20. The maximum absolute atomic E-state index is 11.8. The SMILES string of the molecule is Cc1cc(S(=O)(=O)N[C@@H](C)C(=O)O)c(C)s1. The molecule has 0 spiro atoms. The van der Waals surface area contributed by atoms with Crippen LogP contribution in [0.3, 0.4) is 0 Å². The van der Waals surface area contributed by atoms with Gasteiger partial charge in [-0.15, -0.1) is 11.3 Å². The van der Waals surface area contributed by atoms with Crippen LogP contribution in [0.25, 0.3) is 0 Å². The van der Waals surface area contributed by atoms with E-state index < -0.39 is 22.0 Å². The van der Waals surface area contributed by atoms with Gasteiger partial charge in [-0.3, -0.25) is 4.79 Å². The second-order valence-corrected chi connectivity index (χ2v) is 6.60. The Labute approximate surface area is 98.2 Å². The first-order valence-electron chi connectivity index (χ1n) is 4.56. The number of hydrogen-bond acceptors (Lipinski definition) is 4. The van der Waals surface area contributed by atoms with Crippen molar-refractivity contribution < 1.29 is 18.3 Å². The predicted octanol–water partition coefficient (Wildman–Crippen LogP) is 1.12. The van der Waals surface area contributed by atoms with Gasteiger partial charge in [0, 0.05) is 9.75 Å². The minimum Gasteiger partial charge on any atom is -0.480 e. The van der Waals surface area contributed by atoms with Gasteiger partial charge in [0.05, 0.1) is 4.90 Å². The quantitative estimate of drug-likeness (QED) is 0.852. The third kappa shape index (κ3) is 2.81. The van der Waals surface area contributed by atoms with Gasteiger partial charge in [-0.05, 0) is 26.8 Å². The van der Waals surface area contributed by atoms with E-state index in [0.29, 0.717) is 4.88 Å². The van der Waals surface area contributed by atoms with Crippen LogP contribution in [0, 0.1) is 13.8 Å². The zero-order valence-electron chi connectivity index (χ0n) is 9.14. The summed E-state index contributed by atoms with van der Waals surface area (Å²) in [7, 11) is -3.73. The van der Waals surface area contributed by atoms with E-state index in [1.165, 1.54) is 24.3 Å². The van der Waals surface area contributed by atoms with Crippen molar-refractivity contribution in [2.45, 2.75) is 31.7 Å². The average Bonchev–Trinajstić information content (AvgIpc) is 2.45. The van der Waals surface area contributed by atoms with Gasteiger partial charge in [0.25, 0.3) is 0 Å². The molecule has 2 N–H and O–H groups in total. The van der Waals surface area contributed by atoms with E-state index >= 15 is 0 Å². The van der Waals surface area contributed by atoms with E-state index in [-0.39, 0.29) is 4.90 Å². The van der Waals surface area contributed by atoms with Crippen LogP contribution in [-0.4, -0.2) is 25.5 Å².